The van der Waals surface area contributed by atoms with Gasteiger partial charge in [0.25, 0.3) is 0 Å². The van der Waals surface area contributed by atoms with E-state index in [0.29, 0.717) is 25.9 Å². The van der Waals surface area contributed by atoms with Gasteiger partial charge in [0.1, 0.15) is 0 Å². The van der Waals surface area contributed by atoms with Gasteiger partial charge < -0.3 is 20.3 Å². The largest absolute Gasteiger partial charge is 0.466 e. The number of aliphatic hydroxyl groups excluding tert-OH is 2. The third-order valence-electron chi connectivity index (χ3n) is 17.4. The van der Waals surface area contributed by atoms with Crippen LogP contribution in [0.1, 0.15) is 425 Å². The van der Waals surface area contributed by atoms with Gasteiger partial charge in [-0.05, 0) is 25.7 Å². The van der Waals surface area contributed by atoms with Gasteiger partial charge in [0, 0.05) is 12.8 Å². The maximum absolute atomic E-state index is 12.5. The number of carbonyl (C=O) groups excluding carboxylic acids is 2. The maximum atomic E-state index is 12.5. The highest BCUT2D eigenvalue weighted by Gasteiger charge is 2.20. The number of unbranched alkanes of at least 4 members (excludes halogenated alkanes) is 58. The first kappa shape index (κ1) is 76.9. The first-order chi connectivity index (χ1) is 38.5. The van der Waals surface area contributed by atoms with Crippen LogP contribution in [0.4, 0.5) is 0 Å². The van der Waals surface area contributed by atoms with Crippen LogP contribution in [0.15, 0.2) is 0 Å². The van der Waals surface area contributed by atoms with Crippen molar-refractivity contribution in [2.45, 2.75) is 437 Å². The summed E-state index contributed by atoms with van der Waals surface area (Å²) in [4.78, 5) is 24.6. The zero-order chi connectivity index (χ0) is 56.4. The second-order valence-electron chi connectivity index (χ2n) is 25.3. The van der Waals surface area contributed by atoms with E-state index >= 15 is 0 Å². The molecule has 0 spiro atoms. The highest BCUT2D eigenvalue weighted by molar-refractivity contribution is 5.76. The molecule has 6 heteroatoms. The average Bonchev–Trinajstić information content (AvgIpc) is 3.44. The molecule has 0 radical (unpaired) electrons. The van der Waals surface area contributed by atoms with Crippen molar-refractivity contribution in [2.24, 2.45) is 0 Å². The fourth-order valence-corrected chi connectivity index (χ4v) is 11.9. The molecule has 0 aromatic heterocycles. The lowest BCUT2D eigenvalue weighted by molar-refractivity contribution is -0.143. The Morgan fingerprint density at radius 3 is 0.782 bits per heavy atom. The number of carbonyl (C=O) groups is 2. The van der Waals surface area contributed by atoms with Gasteiger partial charge in [0.15, 0.2) is 0 Å². The minimum absolute atomic E-state index is 0.0252. The van der Waals surface area contributed by atoms with Crippen LogP contribution in [0.2, 0.25) is 0 Å². The predicted octanol–water partition coefficient (Wildman–Crippen LogP) is 23.4. The van der Waals surface area contributed by atoms with E-state index in [4.69, 9.17) is 4.74 Å². The molecule has 0 rings (SSSR count). The van der Waals surface area contributed by atoms with E-state index in [9.17, 15) is 19.8 Å². The normalized spacial score (nSPS) is 12.4. The van der Waals surface area contributed by atoms with E-state index in [1.807, 2.05) is 0 Å². The molecule has 0 aliphatic heterocycles. The fraction of sp³-hybridized carbons (Fsp3) is 0.972. The Balaban J connectivity index is 3.30. The van der Waals surface area contributed by atoms with Gasteiger partial charge in [-0.1, -0.05) is 386 Å². The van der Waals surface area contributed by atoms with Crippen LogP contribution >= 0.6 is 0 Å². The van der Waals surface area contributed by atoms with Crippen LogP contribution in [-0.4, -0.2) is 47.4 Å². The van der Waals surface area contributed by atoms with Crippen LogP contribution in [0.3, 0.4) is 0 Å². The van der Waals surface area contributed by atoms with Crippen molar-refractivity contribution >= 4 is 11.9 Å². The lowest BCUT2D eigenvalue weighted by atomic mass is 10.0. The first-order valence-electron chi connectivity index (χ1n) is 36.3. The number of rotatable bonds is 69. The second-order valence-corrected chi connectivity index (χ2v) is 25.3. The summed E-state index contributed by atoms with van der Waals surface area (Å²) >= 11 is 0. The van der Waals surface area contributed by atoms with Crippen molar-refractivity contribution in [3.63, 3.8) is 0 Å². The number of esters is 1. The van der Waals surface area contributed by atoms with Crippen LogP contribution in [0.25, 0.3) is 0 Å². The second kappa shape index (κ2) is 68.4. The van der Waals surface area contributed by atoms with Gasteiger partial charge >= 0.3 is 5.97 Å². The molecule has 0 aliphatic carbocycles. The molecule has 0 aliphatic rings. The summed E-state index contributed by atoms with van der Waals surface area (Å²) in [6.07, 6.45) is 83.1. The molecular weight excluding hydrogens is 959 g/mol. The Labute approximate surface area is 489 Å². The quantitative estimate of drug-likeness (QED) is 0.0417. The Kier molecular flexibility index (Phi) is 67.4. The van der Waals surface area contributed by atoms with Gasteiger partial charge in [-0.15, -0.1) is 0 Å². The number of ether oxygens (including phenoxy) is 1. The van der Waals surface area contributed by atoms with E-state index in [1.165, 1.54) is 353 Å². The third-order valence-corrected chi connectivity index (χ3v) is 17.4. The third kappa shape index (κ3) is 64.0. The Morgan fingerprint density at radius 2 is 0.526 bits per heavy atom. The van der Waals surface area contributed by atoms with Crippen molar-refractivity contribution in [3.05, 3.63) is 0 Å². The first-order valence-corrected chi connectivity index (χ1v) is 36.3. The van der Waals surface area contributed by atoms with Gasteiger partial charge in [0.05, 0.1) is 25.4 Å². The molecule has 0 heterocycles. The monoisotopic (exact) mass is 1100 g/mol. The minimum atomic E-state index is -0.660. The van der Waals surface area contributed by atoms with E-state index in [2.05, 4.69) is 19.2 Å². The van der Waals surface area contributed by atoms with Crippen molar-refractivity contribution < 1.29 is 24.5 Å². The molecule has 78 heavy (non-hydrogen) atoms. The maximum Gasteiger partial charge on any atom is 0.305 e. The van der Waals surface area contributed by atoms with Gasteiger partial charge in [0.2, 0.25) is 5.91 Å². The van der Waals surface area contributed by atoms with Crippen LogP contribution in [0.5, 0.6) is 0 Å². The number of aliphatic hydroxyl groups is 2. The van der Waals surface area contributed by atoms with E-state index in [1.54, 1.807) is 0 Å². The zero-order valence-electron chi connectivity index (χ0n) is 53.4. The Bertz CT molecular complexity index is 1130. The van der Waals surface area contributed by atoms with Crippen LogP contribution < -0.4 is 5.32 Å². The molecule has 466 valence electrons. The Morgan fingerprint density at radius 1 is 0.308 bits per heavy atom. The number of hydrogen-bond donors (Lipinski definition) is 3. The highest BCUT2D eigenvalue weighted by atomic mass is 16.5. The molecule has 0 aromatic rings. The van der Waals surface area contributed by atoms with Gasteiger partial charge in [-0.25, -0.2) is 0 Å². The van der Waals surface area contributed by atoms with Crippen molar-refractivity contribution in [2.75, 3.05) is 13.2 Å². The summed E-state index contributed by atoms with van der Waals surface area (Å²) < 4.78 is 5.52. The molecule has 1 amide bonds. The highest BCUT2D eigenvalue weighted by Crippen LogP contribution is 2.20. The van der Waals surface area contributed by atoms with Crippen molar-refractivity contribution in [1.82, 2.24) is 5.32 Å². The topological polar surface area (TPSA) is 95.9 Å². The average molecular weight is 1100 g/mol. The van der Waals surface area contributed by atoms with Crippen LogP contribution in [-0.2, 0) is 14.3 Å². The zero-order valence-corrected chi connectivity index (χ0v) is 53.4. The van der Waals surface area contributed by atoms with Crippen LogP contribution in [0, 0.1) is 0 Å². The molecule has 0 bridgehead atoms. The van der Waals surface area contributed by atoms with Gasteiger partial charge in [-0.3, -0.25) is 9.59 Å². The Hall–Kier alpha value is -1.14. The van der Waals surface area contributed by atoms with E-state index < -0.39 is 12.1 Å². The standard InChI is InChI=1S/C72H143NO5/c1-3-5-7-9-11-13-15-17-19-20-35-38-42-46-50-54-58-62-66-72(77)78-67-63-59-55-51-47-43-39-36-33-31-29-27-25-23-21-22-24-26-28-30-32-34-37-41-45-49-53-57-61-65-71(76)73-69(68-74)70(75)64-60-56-52-48-44-40-18-16-14-12-10-8-6-4-2/h69-70,74-75H,3-68H2,1-2H3,(H,73,76). The number of nitrogens with one attached hydrogen (secondary N) is 1. The van der Waals surface area contributed by atoms with Crippen molar-refractivity contribution in [1.29, 1.82) is 0 Å². The SMILES string of the molecule is CCCCCCCCCCCCCCCCCCCCC(=O)OCCCCCCCCCCCCCCCCCCCCCCCCCCCCCCCC(=O)NC(CO)C(O)CCCCCCCCCCCCCCCC. The summed E-state index contributed by atoms with van der Waals surface area (Å²) in [6.45, 7) is 5.00. The lowest BCUT2D eigenvalue weighted by Crippen LogP contribution is -2.45. The molecule has 0 aromatic carbocycles. The summed E-state index contributed by atoms with van der Waals surface area (Å²) in [6, 6.07) is -0.537. The molecule has 2 unspecified atom stereocenters. The summed E-state index contributed by atoms with van der Waals surface area (Å²) in [5.41, 5.74) is 0. The summed E-state index contributed by atoms with van der Waals surface area (Å²) in [7, 11) is 0. The minimum Gasteiger partial charge on any atom is -0.466 e. The van der Waals surface area contributed by atoms with E-state index in [-0.39, 0.29) is 18.5 Å². The fourth-order valence-electron chi connectivity index (χ4n) is 11.9. The predicted molar refractivity (Wildman–Crippen MR) is 343 cm³/mol. The van der Waals surface area contributed by atoms with E-state index in [0.717, 1.165) is 38.5 Å². The number of amides is 1. The molecule has 2 atom stereocenters. The molecule has 3 N–H and O–H groups in total. The summed E-state index contributed by atoms with van der Waals surface area (Å²) in [5.74, 6) is -0.00276. The van der Waals surface area contributed by atoms with Crippen molar-refractivity contribution in [3.8, 4) is 0 Å². The van der Waals surface area contributed by atoms with Gasteiger partial charge in [-0.2, -0.15) is 0 Å². The molecule has 0 saturated carbocycles. The number of hydrogen-bond acceptors (Lipinski definition) is 5. The lowest BCUT2D eigenvalue weighted by Gasteiger charge is -2.22. The molecular formula is C72H143NO5. The molecule has 6 nitrogen and oxygen atoms in total. The summed E-state index contributed by atoms with van der Waals surface area (Å²) in [5, 5.41) is 23.3. The molecule has 0 saturated heterocycles. The smallest absolute Gasteiger partial charge is 0.305 e. The molecule has 0 fully saturated rings.